The SMILES string of the molecule is CCOC1(c2noc(-c3ccc(N)c(Cl)c3)n2)CCCC1. The largest absolute Gasteiger partial charge is 0.398 e. The van der Waals surface area contributed by atoms with Crippen LogP contribution in [0.25, 0.3) is 11.5 Å². The normalized spacial score (nSPS) is 17.2. The van der Waals surface area contributed by atoms with E-state index in [0.29, 0.717) is 29.0 Å². The monoisotopic (exact) mass is 307 g/mol. The van der Waals surface area contributed by atoms with Gasteiger partial charge in [0.05, 0.1) is 10.7 Å². The van der Waals surface area contributed by atoms with Crippen LogP contribution in [0, 0.1) is 0 Å². The molecule has 0 spiro atoms. The first kappa shape index (κ1) is 14.4. The summed E-state index contributed by atoms with van der Waals surface area (Å²) in [5.74, 6) is 1.07. The molecule has 1 fully saturated rings. The fourth-order valence-electron chi connectivity index (χ4n) is 2.84. The summed E-state index contributed by atoms with van der Waals surface area (Å²) in [5, 5.41) is 4.61. The van der Waals surface area contributed by atoms with Crippen LogP contribution in [-0.4, -0.2) is 16.7 Å². The van der Waals surface area contributed by atoms with Crippen molar-refractivity contribution in [1.82, 2.24) is 10.1 Å². The van der Waals surface area contributed by atoms with E-state index in [4.69, 9.17) is 26.6 Å². The zero-order valence-corrected chi connectivity index (χ0v) is 12.7. The Hall–Kier alpha value is -1.59. The van der Waals surface area contributed by atoms with Crippen molar-refractivity contribution in [3.8, 4) is 11.5 Å². The molecule has 0 radical (unpaired) electrons. The van der Waals surface area contributed by atoms with Crippen LogP contribution < -0.4 is 5.73 Å². The Morgan fingerprint density at radius 2 is 2.14 bits per heavy atom. The van der Waals surface area contributed by atoms with Crippen molar-refractivity contribution in [3.63, 3.8) is 0 Å². The Morgan fingerprint density at radius 1 is 1.38 bits per heavy atom. The highest BCUT2D eigenvalue weighted by atomic mass is 35.5. The van der Waals surface area contributed by atoms with Crippen LogP contribution >= 0.6 is 11.6 Å². The third-order valence-electron chi connectivity index (χ3n) is 3.91. The van der Waals surface area contributed by atoms with Gasteiger partial charge in [0.2, 0.25) is 5.82 Å². The third kappa shape index (κ3) is 2.63. The zero-order valence-electron chi connectivity index (χ0n) is 11.9. The van der Waals surface area contributed by atoms with Gasteiger partial charge in [-0.2, -0.15) is 4.98 Å². The molecule has 2 N–H and O–H groups in total. The first-order valence-electron chi connectivity index (χ1n) is 7.18. The Balaban J connectivity index is 1.93. The molecule has 5 nitrogen and oxygen atoms in total. The van der Waals surface area contributed by atoms with Crippen molar-refractivity contribution in [2.45, 2.75) is 38.2 Å². The van der Waals surface area contributed by atoms with Crippen molar-refractivity contribution >= 4 is 17.3 Å². The predicted octanol–water partition coefficient (Wildman–Crippen LogP) is 3.78. The molecule has 1 aromatic heterocycles. The van der Waals surface area contributed by atoms with Gasteiger partial charge in [-0.3, -0.25) is 0 Å². The Morgan fingerprint density at radius 3 is 2.81 bits per heavy atom. The number of anilines is 1. The number of nitrogen functional groups attached to an aromatic ring is 1. The van der Waals surface area contributed by atoms with E-state index in [1.807, 2.05) is 13.0 Å². The summed E-state index contributed by atoms with van der Waals surface area (Å²) >= 11 is 6.04. The second kappa shape index (κ2) is 5.66. The molecular weight excluding hydrogens is 290 g/mol. The Labute approximate surface area is 128 Å². The Bertz CT molecular complexity index is 636. The van der Waals surface area contributed by atoms with E-state index in [-0.39, 0.29) is 0 Å². The van der Waals surface area contributed by atoms with Gasteiger partial charge in [0.1, 0.15) is 5.60 Å². The number of hydrogen-bond acceptors (Lipinski definition) is 5. The summed E-state index contributed by atoms with van der Waals surface area (Å²) < 4.78 is 11.3. The molecule has 6 heteroatoms. The molecule has 21 heavy (non-hydrogen) atoms. The topological polar surface area (TPSA) is 74.2 Å². The van der Waals surface area contributed by atoms with Crippen LogP contribution in [0.15, 0.2) is 22.7 Å². The van der Waals surface area contributed by atoms with Gasteiger partial charge >= 0.3 is 0 Å². The molecular formula is C15H18ClN3O2. The molecule has 0 aliphatic heterocycles. The minimum atomic E-state index is -0.395. The van der Waals surface area contributed by atoms with Crippen molar-refractivity contribution in [2.75, 3.05) is 12.3 Å². The lowest BCUT2D eigenvalue weighted by atomic mass is 10.0. The van der Waals surface area contributed by atoms with Crippen LogP contribution in [0.2, 0.25) is 5.02 Å². The second-order valence-electron chi connectivity index (χ2n) is 5.29. The molecule has 3 rings (SSSR count). The summed E-state index contributed by atoms with van der Waals surface area (Å²) in [4.78, 5) is 4.52. The molecule has 112 valence electrons. The predicted molar refractivity (Wildman–Crippen MR) is 80.9 cm³/mol. The first-order valence-corrected chi connectivity index (χ1v) is 7.56. The molecule has 0 atom stereocenters. The van der Waals surface area contributed by atoms with E-state index in [0.717, 1.165) is 31.2 Å². The van der Waals surface area contributed by atoms with Gasteiger partial charge in [-0.1, -0.05) is 16.8 Å². The van der Waals surface area contributed by atoms with Crippen LogP contribution in [0.3, 0.4) is 0 Å². The summed E-state index contributed by atoms with van der Waals surface area (Å²) in [6.07, 6.45) is 4.11. The average molecular weight is 308 g/mol. The maximum absolute atomic E-state index is 6.04. The highest BCUT2D eigenvalue weighted by Gasteiger charge is 2.40. The molecule has 1 aliphatic carbocycles. The minimum Gasteiger partial charge on any atom is -0.398 e. The molecule has 2 aromatic rings. The van der Waals surface area contributed by atoms with Gasteiger partial charge in [0.25, 0.3) is 5.89 Å². The van der Waals surface area contributed by atoms with Gasteiger partial charge < -0.3 is 15.0 Å². The molecule has 0 amide bonds. The van der Waals surface area contributed by atoms with Crippen LogP contribution in [0.1, 0.15) is 38.4 Å². The second-order valence-corrected chi connectivity index (χ2v) is 5.70. The molecule has 1 aliphatic rings. The summed E-state index contributed by atoms with van der Waals surface area (Å²) in [7, 11) is 0. The number of hydrogen-bond donors (Lipinski definition) is 1. The van der Waals surface area contributed by atoms with E-state index >= 15 is 0 Å². The lowest BCUT2D eigenvalue weighted by Gasteiger charge is -2.24. The lowest BCUT2D eigenvalue weighted by molar-refractivity contribution is -0.0469. The minimum absolute atomic E-state index is 0.395. The lowest BCUT2D eigenvalue weighted by Crippen LogP contribution is -2.27. The van der Waals surface area contributed by atoms with Gasteiger partial charge in [-0.05, 0) is 50.8 Å². The zero-order chi connectivity index (χ0) is 14.9. The van der Waals surface area contributed by atoms with Gasteiger partial charge in [0.15, 0.2) is 0 Å². The number of aromatic nitrogens is 2. The highest BCUT2D eigenvalue weighted by Crippen LogP contribution is 2.41. The molecule has 1 saturated carbocycles. The maximum atomic E-state index is 6.04. The smallest absolute Gasteiger partial charge is 0.258 e. The first-order chi connectivity index (χ1) is 10.1. The fraction of sp³-hybridized carbons (Fsp3) is 0.467. The van der Waals surface area contributed by atoms with Crippen molar-refractivity contribution < 1.29 is 9.26 Å². The van der Waals surface area contributed by atoms with Gasteiger partial charge in [-0.25, -0.2) is 0 Å². The van der Waals surface area contributed by atoms with Gasteiger partial charge in [-0.15, -0.1) is 0 Å². The fourth-order valence-corrected chi connectivity index (χ4v) is 3.02. The number of halogens is 1. The number of nitrogens with zero attached hydrogens (tertiary/aromatic N) is 2. The van der Waals surface area contributed by atoms with Crippen LogP contribution in [-0.2, 0) is 10.3 Å². The van der Waals surface area contributed by atoms with Crippen molar-refractivity contribution in [2.24, 2.45) is 0 Å². The summed E-state index contributed by atoms with van der Waals surface area (Å²) in [6.45, 7) is 2.62. The maximum Gasteiger partial charge on any atom is 0.258 e. The van der Waals surface area contributed by atoms with E-state index in [2.05, 4.69) is 10.1 Å². The van der Waals surface area contributed by atoms with Crippen molar-refractivity contribution in [3.05, 3.63) is 29.0 Å². The van der Waals surface area contributed by atoms with Crippen LogP contribution in [0.5, 0.6) is 0 Å². The van der Waals surface area contributed by atoms with E-state index < -0.39 is 5.60 Å². The van der Waals surface area contributed by atoms with Crippen LogP contribution in [0.4, 0.5) is 5.69 Å². The Kier molecular flexibility index (Phi) is 3.87. The number of nitrogens with two attached hydrogens (primary N) is 1. The average Bonchev–Trinajstić information content (AvgIpc) is 3.12. The van der Waals surface area contributed by atoms with Crippen molar-refractivity contribution in [1.29, 1.82) is 0 Å². The standard InChI is InChI=1S/C15H18ClN3O2/c1-2-20-15(7-3-4-8-15)14-18-13(21-19-14)10-5-6-12(17)11(16)9-10/h5-6,9H,2-4,7-8,17H2,1H3. The number of ether oxygens (including phenoxy) is 1. The molecule has 0 bridgehead atoms. The summed E-state index contributed by atoms with van der Waals surface area (Å²) in [6, 6.07) is 5.28. The molecule has 1 heterocycles. The van der Waals surface area contributed by atoms with E-state index in [9.17, 15) is 0 Å². The number of rotatable bonds is 4. The number of benzene rings is 1. The third-order valence-corrected chi connectivity index (χ3v) is 4.24. The highest BCUT2D eigenvalue weighted by molar-refractivity contribution is 6.33. The quantitative estimate of drug-likeness (QED) is 0.870. The van der Waals surface area contributed by atoms with E-state index in [1.54, 1.807) is 12.1 Å². The van der Waals surface area contributed by atoms with Gasteiger partial charge in [0, 0.05) is 12.2 Å². The molecule has 1 aromatic carbocycles. The van der Waals surface area contributed by atoms with E-state index in [1.165, 1.54) is 0 Å². The molecule has 0 saturated heterocycles. The molecule has 0 unspecified atom stereocenters. The summed E-state index contributed by atoms with van der Waals surface area (Å²) in [5.41, 5.74) is 6.61.